The lowest BCUT2D eigenvalue weighted by atomic mass is 10.0. The van der Waals surface area contributed by atoms with Gasteiger partial charge in [0.15, 0.2) is 0 Å². The number of hydrogen-bond donors (Lipinski definition) is 1. The highest BCUT2D eigenvalue weighted by molar-refractivity contribution is 7.85. The fourth-order valence-electron chi connectivity index (χ4n) is 3.83. The minimum absolute atomic E-state index is 0.0657. The Labute approximate surface area is 174 Å². The van der Waals surface area contributed by atoms with Crippen molar-refractivity contribution in [1.82, 2.24) is 0 Å². The van der Waals surface area contributed by atoms with Crippen LogP contribution in [-0.4, -0.2) is 13.0 Å². The van der Waals surface area contributed by atoms with Crippen LogP contribution in [0.1, 0.15) is 115 Å². The van der Waals surface area contributed by atoms with Gasteiger partial charge in [0, 0.05) is 0 Å². The van der Waals surface area contributed by atoms with Gasteiger partial charge < -0.3 is 0 Å². The van der Waals surface area contributed by atoms with E-state index in [1.165, 1.54) is 96.0 Å². The quantitative estimate of drug-likeness (QED) is 0.199. The zero-order valence-electron chi connectivity index (χ0n) is 18.0. The smallest absolute Gasteiger partial charge is 0.282 e. The topological polar surface area (TPSA) is 54.4 Å². The van der Waals surface area contributed by atoms with Crippen molar-refractivity contribution in [2.24, 2.45) is 0 Å². The van der Waals surface area contributed by atoms with Crippen LogP contribution < -0.4 is 0 Å². The fourth-order valence-corrected chi connectivity index (χ4v) is 4.58. The predicted octanol–water partition coefficient (Wildman–Crippen LogP) is 7.74. The predicted molar refractivity (Wildman–Crippen MR) is 120 cm³/mol. The molecule has 0 bridgehead atoms. The van der Waals surface area contributed by atoms with Crippen LogP contribution in [-0.2, 0) is 16.5 Å². The molecule has 0 fully saturated rings. The average Bonchev–Trinajstić information content (AvgIpc) is 2.67. The maximum absolute atomic E-state index is 11.4. The van der Waals surface area contributed by atoms with Crippen LogP contribution in [0.25, 0.3) is 0 Å². The van der Waals surface area contributed by atoms with Crippen LogP contribution in [0, 0.1) is 0 Å². The highest BCUT2D eigenvalue weighted by Crippen LogP contribution is 2.19. The Morgan fingerprint density at radius 2 is 1.04 bits per heavy atom. The van der Waals surface area contributed by atoms with Crippen LogP contribution in [0.15, 0.2) is 29.2 Å². The van der Waals surface area contributed by atoms with Crippen LogP contribution in [0.2, 0.25) is 0 Å². The molecule has 4 heteroatoms. The molecule has 162 valence electrons. The van der Waals surface area contributed by atoms with Crippen molar-refractivity contribution in [1.29, 1.82) is 0 Å². The molecule has 3 nitrogen and oxygen atoms in total. The van der Waals surface area contributed by atoms with Gasteiger partial charge in [-0.05, 0) is 24.5 Å². The van der Waals surface area contributed by atoms with Gasteiger partial charge in [-0.2, -0.15) is 8.42 Å². The van der Waals surface area contributed by atoms with Gasteiger partial charge >= 0.3 is 0 Å². The van der Waals surface area contributed by atoms with Crippen molar-refractivity contribution < 1.29 is 13.0 Å². The van der Waals surface area contributed by atoms with Crippen LogP contribution in [0.5, 0.6) is 0 Å². The second-order valence-corrected chi connectivity index (χ2v) is 9.53. The van der Waals surface area contributed by atoms with Crippen molar-refractivity contribution in [3.63, 3.8) is 0 Å². The standard InChI is InChI=1S/C24H42O3S/c1-2-3-4-5-6-7-8-9-10-11-12-13-14-15-16-17-20-23-21-18-19-22-24(23)28(25,26)27/h18-19,21-22H,2-17,20H2,1H3,(H,25,26,27). The van der Waals surface area contributed by atoms with E-state index in [0.717, 1.165) is 18.4 Å². The van der Waals surface area contributed by atoms with Crippen molar-refractivity contribution in [2.75, 3.05) is 0 Å². The van der Waals surface area contributed by atoms with E-state index in [1.54, 1.807) is 12.1 Å². The highest BCUT2D eigenvalue weighted by Gasteiger charge is 2.13. The molecule has 1 aromatic rings. The third kappa shape index (κ3) is 12.6. The Morgan fingerprint density at radius 3 is 1.46 bits per heavy atom. The molecule has 0 aliphatic heterocycles. The molecule has 0 amide bonds. The molecule has 0 spiro atoms. The monoisotopic (exact) mass is 410 g/mol. The molecule has 0 aromatic heterocycles. The SMILES string of the molecule is CCCCCCCCCCCCCCCCCCc1ccccc1S(=O)(=O)O. The van der Waals surface area contributed by atoms with Crippen molar-refractivity contribution in [2.45, 2.75) is 121 Å². The molecule has 0 radical (unpaired) electrons. The molecule has 0 aliphatic carbocycles. The summed E-state index contributed by atoms with van der Waals surface area (Å²) in [4.78, 5) is 0.0657. The summed E-state index contributed by atoms with van der Waals surface area (Å²) < 4.78 is 32.0. The fraction of sp³-hybridized carbons (Fsp3) is 0.750. The van der Waals surface area contributed by atoms with Gasteiger partial charge in [0.05, 0.1) is 4.90 Å². The number of benzene rings is 1. The van der Waals surface area contributed by atoms with E-state index >= 15 is 0 Å². The molecule has 1 aromatic carbocycles. The molecular formula is C24H42O3S. The zero-order valence-corrected chi connectivity index (χ0v) is 18.8. The Hall–Kier alpha value is -0.870. The summed E-state index contributed by atoms with van der Waals surface area (Å²) in [6.45, 7) is 2.27. The van der Waals surface area contributed by atoms with E-state index in [9.17, 15) is 13.0 Å². The molecular weight excluding hydrogens is 368 g/mol. The summed E-state index contributed by atoms with van der Waals surface area (Å²) in [5, 5.41) is 0. The largest absolute Gasteiger partial charge is 0.294 e. The maximum Gasteiger partial charge on any atom is 0.294 e. The molecule has 0 saturated heterocycles. The van der Waals surface area contributed by atoms with E-state index < -0.39 is 10.1 Å². The van der Waals surface area contributed by atoms with E-state index in [2.05, 4.69) is 6.92 Å². The Morgan fingerprint density at radius 1 is 0.643 bits per heavy atom. The van der Waals surface area contributed by atoms with E-state index in [0.29, 0.717) is 6.42 Å². The Kier molecular flexibility index (Phi) is 14.4. The van der Waals surface area contributed by atoms with Crippen molar-refractivity contribution in [3.05, 3.63) is 29.8 Å². The molecule has 0 heterocycles. The van der Waals surface area contributed by atoms with Gasteiger partial charge in [-0.15, -0.1) is 0 Å². The van der Waals surface area contributed by atoms with E-state index in [4.69, 9.17) is 0 Å². The first kappa shape index (κ1) is 25.2. The second-order valence-electron chi connectivity index (χ2n) is 8.14. The summed E-state index contributed by atoms with van der Waals surface area (Å²) in [5.74, 6) is 0. The average molecular weight is 411 g/mol. The number of unbranched alkanes of at least 4 members (excludes halogenated alkanes) is 15. The third-order valence-corrected chi connectivity index (χ3v) is 6.50. The molecule has 28 heavy (non-hydrogen) atoms. The second kappa shape index (κ2) is 16.0. The van der Waals surface area contributed by atoms with Crippen LogP contribution >= 0.6 is 0 Å². The summed E-state index contributed by atoms with van der Waals surface area (Å²) in [6.07, 6.45) is 22.0. The maximum atomic E-state index is 11.4. The minimum Gasteiger partial charge on any atom is -0.282 e. The van der Waals surface area contributed by atoms with Gasteiger partial charge in [0.1, 0.15) is 0 Å². The van der Waals surface area contributed by atoms with Gasteiger partial charge in [-0.25, -0.2) is 0 Å². The van der Waals surface area contributed by atoms with Gasteiger partial charge in [-0.3, -0.25) is 4.55 Å². The Bertz CT molecular complexity index is 596. The van der Waals surface area contributed by atoms with Gasteiger partial charge in [0.25, 0.3) is 10.1 Å². The summed E-state index contributed by atoms with van der Waals surface area (Å²) >= 11 is 0. The summed E-state index contributed by atoms with van der Waals surface area (Å²) in [5.41, 5.74) is 0.732. The molecule has 0 unspecified atom stereocenters. The number of aryl methyl sites for hydroxylation is 1. The summed E-state index contributed by atoms with van der Waals surface area (Å²) in [6, 6.07) is 6.77. The lowest BCUT2D eigenvalue weighted by Crippen LogP contribution is -2.03. The molecule has 1 N–H and O–H groups in total. The van der Waals surface area contributed by atoms with Crippen LogP contribution in [0.4, 0.5) is 0 Å². The Balaban J connectivity index is 1.91. The lowest BCUT2D eigenvalue weighted by molar-refractivity contribution is 0.481. The first-order valence-electron chi connectivity index (χ1n) is 11.6. The third-order valence-electron chi connectivity index (χ3n) is 5.55. The molecule has 0 saturated carbocycles. The van der Waals surface area contributed by atoms with Crippen molar-refractivity contribution in [3.8, 4) is 0 Å². The first-order chi connectivity index (χ1) is 13.6. The van der Waals surface area contributed by atoms with E-state index in [1.807, 2.05) is 6.07 Å². The van der Waals surface area contributed by atoms with Crippen LogP contribution in [0.3, 0.4) is 0 Å². The summed E-state index contributed by atoms with van der Waals surface area (Å²) in [7, 11) is -4.11. The first-order valence-corrected chi connectivity index (χ1v) is 13.0. The van der Waals surface area contributed by atoms with Gasteiger partial charge in [0.2, 0.25) is 0 Å². The highest BCUT2D eigenvalue weighted by atomic mass is 32.2. The lowest BCUT2D eigenvalue weighted by Gasteiger charge is -2.07. The number of hydrogen-bond acceptors (Lipinski definition) is 2. The molecule has 0 atom stereocenters. The van der Waals surface area contributed by atoms with Crippen molar-refractivity contribution >= 4 is 10.1 Å². The van der Waals surface area contributed by atoms with E-state index in [-0.39, 0.29) is 4.90 Å². The minimum atomic E-state index is -4.11. The van der Waals surface area contributed by atoms with Gasteiger partial charge in [-0.1, -0.05) is 121 Å². The molecule has 1 rings (SSSR count). The normalized spacial score (nSPS) is 11.8. The number of rotatable bonds is 18. The molecule has 0 aliphatic rings. The zero-order chi connectivity index (χ0) is 20.5.